The molecule has 0 spiro atoms. The van der Waals surface area contributed by atoms with Crippen LogP contribution in [0.1, 0.15) is 16.7 Å². The fraction of sp³-hybridized carbons (Fsp3) is 0.333. The summed E-state index contributed by atoms with van der Waals surface area (Å²) >= 11 is 0. The van der Waals surface area contributed by atoms with Gasteiger partial charge in [-0.05, 0) is 31.0 Å². The van der Waals surface area contributed by atoms with Gasteiger partial charge in [-0.1, -0.05) is 0 Å². The van der Waals surface area contributed by atoms with Crippen LogP contribution in [0.25, 0.3) is 0 Å². The van der Waals surface area contributed by atoms with Gasteiger partial charge in [0.25, 0.3) is 0 Å². The van der Waals surface area contributed by atoms with Gasteiger partial charge in [-0.25, -0.2) is 12.8 Å². The minimum absolute atomic E-state index is 0.0162. The lowest BCUT2D eigenvalue weighted by molar-refractivity contribution is 0.461. The third-order valence-electron chi connectivity index (χ3n) is 2.13. The van der Waals surface area contributed by atoms with Crippen molar-refractivity contribution in [3.8, 4) is 5.75 Å². The molecule has 3 nitrogen and oxygen atoms in total. The van der Waals surface area contributed by atoms with Crippen molar-refractivity contribution in [3.63, 3.8) is 0 Å². The van der Waals surface area contributed by atoms with E-state index in [0.717, 1.165) is 6.07 Å². The van der Waals surface area contributed by atoms with Crippen molar-refractivity contribution in [1.29, 1.82) is 0 Å². The lowest BCUT2D eigenvalue weighted by Crippen LogP contribution is -2.01. The van der Waals surface area contributed by atoms with E-state index in [9.17, 15) is 17.9 Å². The number of benzene rings is 1. The smallest absolute Gasteiger partial charge is 0.236 e. The fourth-order valence-corrected chi connectivity index (χ4v) is 2.30. The molecule has 0 aliphatic rings. The number of phenolic OH excluding ortho intramolecular Hbond substituents is 1. The van der Waals surface area contributed by atoms with E-state index in [-0.39, 0.29) is 22.4 Å². The summed E-state index contributed by atoms with van der Waals surface area (Å²) < 4.78 is 35.0. The zero-order chi connectivity index (χ0) is 11.8. The highest BCUT2D eigenvalue weighted by molar-refractivity contribution is 8.13. The average molecular weight is 253 g/mol. The quantitative estimate of drug-likeness (QED) is 0.821. The first-order chi connectivity index (χ1) is 6.72. The van der Waals surface area contributed by atoms with Crippen LogP contribution >= 0.6 is 10.7 Å². The van der Waals surface area contributed by atoms with Gasteiger partial charge in [0.05, 0.1) is 5.75 Å². The van der Waals surface area contributed by atoms with E-state index in [0.29, 0.717) is 0 Å². The van der Waals surface area contributed by atoms with Crippen LogP contribution < -0.4 is 0 Å². The standard InChI is InChI=1S/C9H10ClFO3S/c1-5-3-8(11)6(2)7(9(5)12)4-15(10,13)14/h3,12H,4H2,1-2H3. The highest BCUT2D eigenvalue weighted by Crippen LogP contribution is 2.29. The van der Waals surface area contributed by atoms with Crippen molar-refractivity contribution in [3.05, 3.63) is 28.6 Å². The second kappa shape index (κ2) is 3.98. The summed E-state index contributed by atoms with van der Waals surface area (Å²) in [5, 5.41) is 9.58. The Kier molecular flexibility index (Phi) is 3.25. The van der Waals surface area contributed by atoms with Crippen LogP contribution in [0.2, 0.25) is 0 Å². The van der Waals surface area contributed by atoms with Gasteiger partial charge >= 0.3 is 0 Å². The Balaban J connectivity index is 3.40. The minimum Gasteiger partial charge on any atom is -0.507 e. The predicted octanol–water partition coefficient (Wildman–Crippen LogP) is 2.22. The molecule has 0 unspecified atom stereocenters. The lowest BCUT2D eigenvalue weighted by atomic mass is 10.0. The number of aromatic hydroxyl groups is 1. The van der Waals surface area contributed by atoms with Crippen LogP contribution in [0.15, 0.2) is 6.07 Å². The number of hydrogen-bond acceptors (Lipinski definition) is 3. The number of hydrogen-bond donors (Lipinski definition) is 1. The molecule has 84 valence electrons. The molecule has 0 bridgehead atoms. The molecule has 1 aromatic carbocycles. The number of halogens is 2. The monoisotopic (exact) mass is 252 g/mol. The van der Waals surface area contributed by atoms with Crippen LogP contribution in [0, 0.1) is 19.7 Å². The molecular weight excluding hydrogens is 243 g/mol. The summed E-state index contributed by atoms with van der Waals surface area (Å²) in [6.45, 7) is 2.88. The Morgan fingerprint density at radius 2 is 2.00 bits per heavy atom. The maximum Gasteiger partial charge on any atom is 0.236 e. The summed E-state index contributed by atoms with van der Waals surface area (Å²) in [5.41, 5.74) is 0.401. The molecule has 1 rings (SSSR count). The molecule has 0 saturated carbocycles. The highest BCUT2D eigenvalue weighted by atomic mass is 35.7. The van der Waals surface area contributed by atoms with Gasteiger partial charge in [-0.2, -0.15) is 0 Å². The molecule has 6 heteroatoms. The Hall–Kier alpha value is -0.810. The predicted molar refractivity (Wildman–Crippen MR) is 56.0 cm³/mol. The molecule has 0 fully saturated rings. The van der Waals surface area contributed by atoms with Crippen molar-refractivity contribution in [2.75, 3.05) is 0 Å². The van der Waals surface area contributed by atoms with Gasteiger partial charge in [-0.3, -0.25) is 0 Å². The van der Waals surface area contributed by atoms with Crippen molar-refractivity contribution < 1.29 is 17.9 Å². The zero-order valence-electron chi connectivity index (χ0n) is 8.21. The van der Waals surface area contributed by atoms with Crippen molar-refractivity contribution >= 4 is 19.7 Å². The van der Waals surface area contributed by atoms with Crippen LogP contribution in [-0.2, 0) is 14.8 Å². The second-order valence-electron chi connectivity index (χ2n) is 3.31. The first kappa shape index (κ1) is 12.3. The van der Waals surface area contributed by atoms with E-state index < -0.39 is 20.6 Å². The summed E-state index contributed by atoms with van der Waals surface area (Å²) in [6, 6.07) is 1.15. The van der Waals surface area contributed by atoms with Crippen LogP contribution in [0.5, 0.6) is 5.75 Å². The van der Waals surface area contributed by atoms with Gasteiger partial charge in [0, 0.05) is 16.2 Å². The van der Waals surface area contributed by atoms with Gasteiger partial charge in [0.1, 0.15) is 11.6 Å². The van der Waals surface area contributed by atoms with Crippen molar-refractivity contribution in [2.24, 2.45) is 0 Å². The molecule has 0 aliphatic heterocycles. The molecule has 1 N–H and O–H groups in total. The zero-order valence-corrected chi connectivity index (χ0v) is 9.78. The number of phenols is 1. The van der Waals surface area contributed by atoms with E-state index in [1.54, 1.807) is 0 Å². The Labute approximate surface area is 91.9 Å². The molecule has 1 aromatic rings. The summed E-state index contributed by atoms with van der Waals surface area (Å²) in [4.78, 5) is 0. The lowest BCUT2D eigenvalue weighted by Gasteiger charge is -2.10. The SMILES string of the molecule is Cc1cc(F)c(C)c(CS(=O)(=O)Cl)c1O. The molecule has 0 aliphatic carbocycles. The molecule has 0 heterocycles. The van der Waals surface area contributed by atoms with E-state index in [4.69, 9.17) is 10.7 Å². The Morgan fingerprint density at radius 1 is 1.47 bits per heavy atom. The third-order valence-corrected chi connectivity index (χ3v) is 3.09. The average Bonchev–Trinajstić information content (AvgIpc) is 2.08. The highest BCUT2D eigenvalue weighted by Gasteiger charge is 2.18. The Bertz CT molecular complexity index is 470. The minimum atomic E-state index is -3.81. The second-order valence-corrected chi connectivity index (χ2v) is 6.09. The van der Waals surface area contributed by atoms with E-state index >= 15 is 0 Å². The van der Waals surface area contributed by atoms with Crippen molar-refractivity contribution in [1.82, 2.24) is 0 Å². The Morgan fingerprint density at radius 3 is 2.47 bits per heavy atom. The topological polar surface area (TPSA) is 54.4 Å². The van der Waals surface area contributed by atoms with Crippen molar-refractivity contribution in [2.45, 2.75) is 19.6 Å². The first-order valence-corrected chi connectivity index (χ1v) is 6.60. The van der Waals surface area contributed by atoms with Crippen LogP contribution in [-0.4, -0.2) is 13.5 Å². The normalized spacial score (nSPS) is 11.7. The van der Waals surface area contributed by atoms with Gasteiger partial charge in [0.2, 0.25) is 9.05 Å². The van der Waals surface area contributed by atoms with Crippen LogP contribution in [0.3, 0.4) is 0 Å². The van der Waals surface area contributed by atoms with E-state index in [1.807, 2.05) is 0 Å². The van der Waals surface area contributed by atoms with Gasteiger partial charge in [-0.15, -0.1) is 0 Å². The molecule has 0 atom stereocenters. The summed E-state index contributed by atoms with van der Waals surface area (Å²) in [6.07, 6.45) is 0. The summed E-state index contributed by atoms with van der Waals surface area (Å²) in [5.74, 6) is -1.36. The van der Waals surface area contributed by atoms with Crippen LogP contribution in [0.4, 0.5) is 4.39 Å². The van der Waals surface area contributed by atoms with Gasteiger partial charge in [0.15, 0.2) is 0 Å². The molecule has 0 radical (unpaired) electrons. The maximum absolute atomic E-state index is 13.2. The molecule has 15 heavy (non-hydrogen) atoms. The first-order valence-electron chi connectivity index (χ1n) is 4.12. The fourth-order valence-electron chi connectivity index (χ4n) is 1.28. The molecular formula is C9H10ClFO3S. The molecule has 0 aromatic heterocycles. The molecule has 0 saturated heterocycles. The largest absolute Gasteiger partial charge is 0.507 e. The number of aryl methyl sites for hydroxylation is 1. The third kappa shape index (κ3) is 2.82. The number of rotatable bonds is 2. The van der Waals surface area contributed by atoms with Gasteiger partial charge < -0.3 is 5.11 Å². The maximum atomic E-state index is 13.2. The summed E-state index contributed by atoms with van der Waals surface area (Å²) in [7, 11) is 1.24. The van der Waals surface area contributed by atoms with E-state index in [1.165, 1.54) is 13.8 Å². The molecule has 0 amide bonds. The van der Waals surface area contributed by atoms with E-state index in [2.05, 4.69) is 0 Å².